The summed E-state index contributed by atoms with van der Waals surface area (Å²) in [5.41, 5.74) is 8.72. The first-order valence-electron chi connectivity index (χ1n) is 5.21. The number of carboxylic acids is 1. The van der Waals surface area contributed by atoms with Crippen LogP contribution in [0.3, 0.4) is 0 Å². The van der Waals surface area contributed by atoms with Crippen LogP contribution in [0.5, 0.6) is 0 Å². The van der Waals surface area contributed by atoms with Crippen molar-refractivity contribution in [3.63, 3.8) is 0 Å². The van der Waals surface area contributed by atoms with Crippen molar-refractivity contribution < 1.29 is 9.90 Å². The fourth-order valence-electron chi connectivity index (χ4n) is 2.26. The number of hydrogen-bond donors (Lipinski definition) is 4. The minimum Gasteiger partial charge on any atom is -0.477 e. The van der Waals surface area contributed by atoms with E-state index in [1.165, 1.54) is 0 Å². The first-order chi connectivity index (χ1) is 8.08. The molecule has 7 heteroatoms. The van der Waals surface area contributed by atoms with Crippen LogP contribution in [0.4, 0.5) is 0 Å². The summed E-state index contributed by atoms with van der Waals surface area (Å²) < 4.78 is 0. The van der Waals surface area contributed by atoms with Gasteiger partial charge in [-0.1, -0.05) is 0 Å². The quantitative estimate of drug-likeness (QED) is 0.566. The molecule has 2 aromatic rings. The van der Waals surface area contributed by atoms with Crippen LogP contribution in [0.25, 0.3) is 11.4 Å². The van der Waals surface area contributed by atoms with Crippen molar-refractivity contribution >= 4 is 5.97 Å². The molecule has 2 aromatic heterocycles. The Labute approximate surface area is 96.1 Å². The first kappa shape index (κ1) is 10.0. The van der Waals surface area contributed by atoms with Crippen LogP contribution in [0.2, 0.25) is 0 Å². The molecule has 0 saturated heterocycles. The van der Waals surface area contributed by atoms with E-state index >= 15 is 0 Å². The van der Waals surface area contributed by atoms with Gasteiger partial charge in [-0.25, -0.2) is 9.78 Å². The number of nitrogens with one attached hydrogen (secondary N) is 2. The van der Waals surface area contributed by atoms with Crippen molar-refractivity contribution in [1.82, 2.24) is 20.2 Å². The topological polar surface area (TPSA) is 121 Å². The van der Waals surface area contributed by atoms with Gasteiger partial charge in [0.05, 0.1) is 0 Å². The fourth-order valence-corrected chi connectivity index (χ4v) is 2.26. The monoisotopic (exact) mass is 233 g/mol. The van der Waals surface area contributed by atoms with Crippen LogP contribution >= 0.6 is 0 Å². The third-order valence-electron chi connectivity index (χ3n) is 2.93. The molecule has 17 heavy (non-hydrogen) atoms. The summed E-state index contributed by atoms with van der Waals surface area (Å²) in [7, 11) is 0. The van der Waals surface area contributed by atoms with Crippen LogP contribution in [0, 0.1) is 6.92 Å². The van der Waals surface area contributed by atoms with Gasteiger partial charge in [0, 0.05) is 23.7 Å². The SMILES string of the molecule is Cc1nc2c([nH]1)CC(N)c1c-2n[nH]c1C(=O)O. The molecule has 0 aromatic carbocycles. The predicted octanol–water partition coefficient (Wildman–Crippen LogP) is 0.362. The van der Waals surface area contributed by atoms with Gasteiger partial charge in [0.15, 0.2) is 0 Å². The number of carbonyl (C=O) groups is 1. The summed E-state index contributed by atoms with van der Waals surface area (Å²) in [6.07, 6.45) is 0.545. The summed E-state index contributed by atoms with van der Waals surface area (Å²) in [6, 6.07) is -0.373. The molecule has 3 rings (SSSR count). The number of rotatable bonds is 1. The molecule has 5 N–H and O–H groups in total. The molecule has 0 bridgehead atoms. The summed E-state index contributed by atoms with van der Waals surface area (Å²) >= 11 is 0. The zero-order valence-corrected chi connectivity index (χ0v) is 9.11. The Morgan fingerprint density at radius 1 is 1.53 bits per heavy atom. The molecule has 0 radical (unpaired) electrons. The van der Waals surface area contributed by atoms with Gasteiger partial charge < -0.3 is 15.8 Å². The number of H-pyrrole nitrogens is 2. The highest BCUT2D eigenvalue weighted by Gasteiger charge is 2.32. The number of nitrogens with two attached hydrogens (primary N) is 1. The average molecular weight is 233 g/mol. The number of imidazole rings is 1. The van der Waals surface area contributed by atoms with E-state index in [0.29, 0.717) is 23.4 Å². The molecule has 0 saturated carbocycles. The van der Waals surface area contributed by atoms with Crippen molar-refractivity contribution in [2.75, 3.05) is 0 Å². The zero-order chi connectivity index (χ0) is 12.2. The van der Waals surface area contributed by atoms with E-state index in [0.717, 1.165) is 11.5 Å². The molecule has 0 spiro atoms. The van der Waals surface area contributed by atoms with Crippen LogP contribution in [-0.4, -0.2) is 31.2 Å². The molecular weight excluding hydrogens is 222 g/mol. The second-order valence-electron chi connectivity index (χ2n) is 4.13. The van der Waals surface area contributed by atoms with Crippen LogP contribution in [0.15, 0.2) is 0 Å². The highest BCUT2D eigenvalue weighted by molar-refractivity contribution is 5.90. The Bertz CT molecular complexity index is 612. The number of aryl methyl sites for hydroxylation is 1. The minimum atomic E-state index is -1.05. The number of hydrogen-bond acceptors (Lipinski definition) is 4. The standard InChI is InChI=1S/C10H11N5O2/c1-3-12-5-2-4(11)6-8(7(5)13-3)14-15-9(6)10(16)17/h4H,2,11H2,1H3,(H,12,13)(H,14,15)(H,16,17). The molecule has 88 valence electrons. The lowest BCUT2D eigenvalue weighted by molar-refractivity contribution is 0.0688. The largest absolute Gasteiger partial charge is 0.477 e. The lowest BCUT2D eigenvalue weighted by atomic mass is 9.92. The lowest BCUT2D eigenvalue weighted by Crippen LogP contribution is -2.20. The maximum Gasteiger partial charge on any atom is 0.354 e. The Balaban J connectivity index is 2.26. The first-order valence-corrected chi connectivity index (χ1v) is 5.21. The van der Waals surface area contributed by atoms with Gasteiger partial charge in [-0.15, -0.1) is 0 Å². The van der Waals surface area contributed by atoms with E-state index in [-0.39, 0.29) is 11.7 Å². The van der Waals surface area contributed by atoms with E-state index in [1.54, 1.807) is 0 Å². The van der Waals surface area contributed by atoms with Gasteiger partial charge >= 0.3 is 5.97 Å². The molecular formula is C10H11N5O2. The Kier molecular flexibility index (Phi) is 1.87. The average Bonchev–Trinajstić information content (AvgIpc) is 2.80. The number of aromatic amines is 2. The van der Waals surface area contributed by atoms with Crippen LogP contribution < -0.4 is 5.73 Å². The molecule has 0 amide bonds. The van der Waals surface area contributed by atoms with E-state index in [9.17, 15) is 4.79 Å². The number of nitrogens with zero attached hydrogens (tertiary/aromatic N) is 2. The summed E-state index contributed by atoms with van der Waals surface area (Å²) in [5.74, 6) is -0.278. The van der Waals surface area contributed by atoms with Crippen molar-refractivity contribution in [2.24, 2.45) is 5.73 Å². The third kappa shape index (κ3) is 1.29. The van der Waals surface area contributed by atoms with Gasteiger partial charge in [-0.2, -0.15) is 5.10 Å². The summed E-state index contributed by atoms with van der Waals surface area (Å²) in [6.45, 7) is 1.84. The molecule has 1 unspecified atom stereocenters. The van der Waals surface area contributed by atoms with Gasteiger partial charge in [0.2, 0.25) is 0 Å². The van der Waals surface area contributed by atoms with Crippen molar-refractivity contribution in [3.8, 4) is 11.4 Å². The highest BCUT2D eigenvalue weighted by atomic mass is 16.4. The predicted molar refractivity (Wildman–Crippen MR) is 58.5 cm³/mol. The molecule has 0 fully saturated rings. The van der Waals surface area contributed by atoms with Gasteiger partial charge in [-0.3, -0.25) is 5.10 Å². The molecule has 0 aliphatic heterocycles. The molecule has 1 atom stereocenters. The lowest BCUT2D eigenvalue weighted by Gasteiger charge is -2.17. The van der Waals surface area contributed by atoms with Crippen molar-refractivity contribution in [2.45, 2.75) is 19.4 Å². The van der Waals surface area contributed by atoms with E-state index in [1.807, 2.05) is 6.92 Å². The number of aromatic nitrogens is 4. The number of carboxylic acid groups (broad SMARTS) is 1. The Morgan fingerprint density at radius 2 is 2.29 bits per heavy atom. The second-order valence-corrected chi connectivity index (χ2v) is 4.13. The summed E-state index contributed by atoms with van der Waals surface area (Å²) in [5, 5.41) is 15.6. The van der Waals surface area contributed by atoms with Crippen LogP contribution in [-0.2, 0) is 6.42 Å². The maximum atomic E-state index is 11.0. The van der Waals surface area contributed by atoms with Crippen LogP contribution in [0.1, 0.15) is 33.6 Å². The number of aromatic carboxylic acids is 1. The molecule has 2 heterocycles. The number of fused-ring (bicyclic) bond motifs is 3. The Morgan fingerprint density at radius 3 is 3.00 bits per heavy atom. The van der Waals surface area contributed by atoms with Gasteiger partial charge in [0.1, 0.15) is 22.9 Å². The Hall–Kier alpha value is -2.15. The highest BCUT2D eigenvalue weighted by Crippen LogP contribution is 2.36. The van der Waals surface area contributed by atoms with Gasteiger partial charge in [0.25, 0.3) is 0 Å². The van der Waals surface area contributed by atoms with E-state index in [2.05, 4.69) is 20.2 Å². The summed E-state index contributed by atoms with van der Waals surface area (Å²) in [4.78, 5) is 18.5. The van der Waals surface area contributed by atoms with Crippen molar-refractivity contribution in [1.29, 1.82) is 0 Å². The second kappa shape index (κ2) is 3.17. The zero-order valence-electron chi connectivity index (χ0n) is 9.11. The molecule has 1 aliphatic rings. The van der Waals surface area contributed by atoms with Gasteiger partial charge in [-0.05, 0) is 6.92 Å². The van der Waals surface area contributed by atoms with E-state index < -0.39 is 5.97 Å². The smallest absolute Gasteiger partial charge is 0.354 e. The van der Waals surface area contributed by atoms with E-state index in [4.69, 9.17) is 10.8 Å². The maximum absolute atomic E-state index is 11.0. The fraction of sp³-hybridized carbons (Fsp3) is 0.300. The minimum absolute atomic E-state index is 0.0544. The normalized spacial score (nSPS) is 17.6. The van der Waals surface area contributed by atoms with Crippen molar-refractivity contribution in [3.05, 3.63) is 22.8 Å². The molecule has 1 aliphatic carbocycles. The molecule has 7 nitrogen and oxygen atoms in total. The third-order valence-corrected chi connectivity index (χ3v) is 2.93.